The highest BCUT2D eigenvalue weighted by Gasteiger charge is 2.54. The van der Waals surface area contributed by atoms with Crippen LogP contribution in [0.1, 0.15) is 56.3 Å². The van der Waals surface area contributed by atoms with Gasteiger partial charge in [-0.2, -0.15) is 0 Å². The molecule has 3 aromatic carbocycles. The monoisotopic (exact) mass is 646 g/mol. The molecule has 2 atom stereocenters. The van der Waals surface area contributed by atoms with Crippen molar-refractivity contribution < 1.29 is 27.8 Å². The Morgan fingerprint density at radius 1 is 1.05 bits per heavy atom. The predicted molar refractivity (Wildman–Crippen MR) is 169 cm³/mol. The predicted octanol–water partition coefficient (Wildman–Crippen LogP) is 6.18. The van der Waals surface area contributed by atoms with Crippen LogP contribution in [0.25, 0.3) is 0 Å². The Hall–Kier alpha value is -3.11. The van der Waals surface area contributed by atoms with Crippen LogP contribution in [-0.4, -0.2) is 56.4 Å². The molecule has 43 heavy (non-hydrogen) atoms. The number of carbonyl (C=O) groups is 1. The highest BCUT2D eigenvalue weighted by Crippen LogP contribution is 2.45. The van der Waals surface area contributed by atoms with E-state index >= 15 is 0 Å². The summed E-state index contributed by atoms with van der Waals surface area (Å²) in [5.74, 6) is -0.0126. The number of benzene rings is 3. The minimum atomic E-state index is -3.76. The number of rotatable bonds is 15. The first-order valence-electron chi connectivity index (χ1n) is 14.3. The van der Waals surface area contributed by atoms with E-state index in [0.29, 0.717) is 41.5 Å². The van der Waals surface area contributed by atoms with Crippen LogP contribution in [0.4, 0.5) is 0 Å². The van der Waals surface area contributed by atoms with Crippen molar-refractivity contribution in [3.05, 3.63) is 94.0 Å². The fourth-order valence-corrected chi connectivity index (χ4v) is 6.72. The lowest BCUT2D eigenvalue weighted by Crippen LogP contribution is -2.49. The average molecular weight is 648 g/mol. The molecule has 0 aromatic heterocycles. The van der Waals surface area contributed by atoms with E-state index in [1.54, 1.807) is 60.7 Å². The maximum Gasteiger partial charge on any atom is 0.252 e. The van der Waals surface area contributed by atoms with Crippen LogP contribution in [0.5, 0.6) is 5.75 Å². The normalized spacial score (nSPS) is 18.1. The van der Waals surface area contributed by atoms with Crippen LogP contribution in [0.2, 0.25) is 10.0 Å². The summed E-state index contributed by atoms with van der Waals surface area (Å²) >= 11 is 12.8. The van der Waals surface area contributed by atoms with Gasteiger partial charge in [-0.1, -0.05) is 67.2 Å². The fourth-order valence-electron chi connectivity index (χ4n) is 4.83. The minimum absolute atomic E-state index is 0.0277. The topological polar surface area (TPSA) is 114 Å². The first kappa shape index (κ1) is 32.8. The van der Waals surface area contributed by atoms with Crippen LogP contribution in [0.3, 0.4) is 0 Å². The number of hydrogen-bond donors (Lipinski definition) is 2. The zero-order chi connectivity index (χ0) is 30.9. The lowest BCUT2D eigenvalue weighted by atomic mass is 9.85. The summed E-state index contributed by atoms with van der Waals surface area (Å²) in [4.78, 5) is 19.1. The third-order valence-electron chi connectivity index (χ3n) is 7.20. The number of aliphatic hydroxyl groups is 1. The number of hydrogen-bond acceptors (Lipinski definition) is 7. The van der Waals surface area contributed by atoms with Crippen LogP contribution < -0.4 is 10.1 Å². The Bertz CT molecular complexity index is 1520. The fraction of sp³-hybridized carbons (Fsp3) is 0.375. The third-order valence-corrected chi connectivity index (χ3v) is 9.49. The number of unbranched alkanes of at least 4 members (excludes halogenated alkanes) is 2. The van der Waals surface area contributed by atoms with Crippen molar-refractivity contribution in [2.24, 2.45) is 4.99 Å². The molecule has 0 unspecified atom stereocenters. The van der Waals surface area contributed by atoms with Gasteiger partial charge < -0.3 is 19.9 Å². The Labute approximate surface area is 263 Å². The number of nitrogens with one attached hydrogen (secondary N) is 1. The molecular weight excluding hydrogens is 611 g/mol. The SMILES string of the molecule is CCCCCNC(=O)[C@]1(CCS(=O)(=O)c2ccccc2)N=C(c2ccc(OCCCO)cc2)O[C@@H]1c1ccc(Cl)cc1Cl. The molecule has 230 valence electrons. The number of nitrogens with zero attached hydrogens (tertiary/aromatic N) is 1. The highest BCUT2D eigenvalue weighted by atomic mass is 35.5. The van der Waals surface area contributed by atoms with E-state index in [2.05, 4.69) is 12.2 Å². The molecule has 1 aliphatic rings. The minimum Gasteiger partial charge on any atom is -0.494 e. The van der Waals surface area contributed by atoms with Crippen LogP contribution in [0, 0.1) is 0 Å². The van der Waals surface area contributed by atoms with E-state index in [-0.39, 0.29) is 34.6 Å². The van der Waals surface area contributed by atoms with Gasteiger partial charge >= 0.3 is 0 Å². The van der Waals surface area contributed by atoms with Gasteiger partial charge in [0.25, 0.3) is 5.91 Å². The van der Waals surface area contributed by atoms with Gasteiger partial charge in [0, 0.05) is 47.2 Å². The summed E-state index contributed by atoms with van der Waals surface area (Å²) < 4.78 is 38.9. The molecule has 11 heteroatoms. The maximum atomic E-state index is 14.1. The molecule has 1 amide bonds. The molecular formula is C32H36Cl2N2O6S. The van der Waals surface area contributed by atoms with Gasteiger partial charge in [-0.15, -0.1) is 0 Å². The van der Waals surface area contributed by atoms with Gasteiger partial charge in [0.15, 0.2) is 21.5 Å². The van der Waals surface area contributed by atoms with Crippen molar-refractivity contribution in [3.8, 4) is 5.75 Å². The largest absolute Gasteiger partial charge is 0.494 e. The second kappa shape index (κ2) is 15.1. The Balaban J connectivity index is 1.76. The summed E-state index contributed by atoms with van der Waals surface area (Å²) in [5, 5.41) is 12.7. The Morgan fingerprint density at radius 3 is 2.47 bits per heavy atom. The van der Waals surface area contributed by atoms with Crippen molar-refractivity contribution in [1.82, 2.24) is 5.32 Å². The van der Waals surface area contributed by atoms with Crippen molar-refractivity contribution in [2.45, 2.75) is 55.6 Å². The quantitative estimate of drug-likeness (QED) is 0.191. The molecule has 0 spiro atoms. The van der Waals surface area contributed by atoms with Gasteiger partial charge in [0.2, 0.25) is 5.90 Å². The summed E-state index contributed by atoms with van der Waals surface area (Å²) in [6.45, 7) is 2.87. The van der Waals surface area contributed by atoms with E-state index in [1.807, 2.05) is 0 Å². The van der Waals surface area contributed by atoms with Crippen LogP contribution in [0.15, 0.2) is 82.7 Å². The van der Waals surface area contributed by atoms with Gasteiger partial charge in [-0.05, 0) is 55.0 Å². The van der Waals surface area contributed by atoms with E-state index in [9.17, 15) is 13.2 Å². The lowest BCUT2D eigenvalue weighted by molar-refractivity contribution is -0.129. The summed E-state index contributed by atoms with van der Waals surface area (Å²) in [5.41, 5.74) is -0.595. The molecule has 4 rings (SSSR count). The van der Waals surface area contributed by atoms with E-state index < -0.39 is 27.4 Å². The van der Waals surface area contributed by atoms with E-state index in [0.717, 1.165) is 19.3 Å². The third kappa shape index (κ3) is 8.09. The second-order valence-corrected chi connectivity index (χ2v) is 13.3. The standard InChI is InChI=1S/C32H36Cl2N2O6S/c1-2-3-7-18-35-31(38)32(17-21-43(39,40)26-9-5-4-6-10-26)29(27-16-13-24(33)22-28(27)34)42-30(36-32)23-11-14-25(15-12-23)41-20-8-19-37/h4-6,9-16,22,29,37H,2-3,7-8,17-21H2,1H3,(H,35,38)/t29-,32-/m1/s1. The Kier molecular flexibility index (Phi) is 11.5. The molecule has 0 radical (unpaired) electrons. The molecule has 0 fully saturated rings. The molecule has 1 aliphatic heterocycles. The average Bonchev–Trinajstić information content (AvgIpc) is 3.40. The molecule has 2 N–H and O–H groups in total. The molecule has 0 saturated heterocycles. The lowest BCUT2D eigenvalue weighted by Gasteiger charge is -2.31. The molecule has 3 aromatic rings. The summed E-state index contributed by atoms with van der Waals surface area (Å²) in [6, 6.07) is 20.0. The molecule has 0 saturated carbocycles. The van der Waals surface area contributed by atoms with Gasteiger partial charge in [-0.25, -0.2) is 13.4 Å². The first-order chi connectivity index (χ1) is 20.7. The van der Waals surface area contributed by atoms with Crippen molar-refractivity contribution in [1.29, 1.82) is 0 Å². The maximum absolute atomic E-state index is 14.1. The van der Waals surface area contributed by atoms with Crippen LogP contribution in [-0.2, 0) is 19.4 Å². The smallest absolute Gasteiger partial charge is 0.252 e. The highest BCUT2D eigenvalue weighted by molar-refractivity contribution is 7.91. The van der Waals surface area contributed by atoms with E-state index in [1.165, 1.54) is 12.1 Å². The van der Waals surface area contributed by atoms with Gasteiger partial charge in [-0.3, -0.25) is 4.79 Å². The van der Waals surface area contributed by atoms with Crippen molar-refractivity contribution in [2.75, 3.05) is 25.5 Å². The number of sulfone groups is 1. The number of aliphatic hydroxyl groups excluding tert-OH is 1. The molecule has 8 nitrogen and oxygen atoms in total. The number of ether oxygens (including phenoxy) is 2. The number of amides is 1. The Morgan fingerprint density at radius 2 is 1.79 bits per heavy atom. The number of aliphatic imine (C=N–C) groups is 1. The zero-order valence-electron chi connectivity index (χ0n) is 24.0. The summed E-state index contributed by atoms with van der Waals surface area (Å²) in [6.07, 6.45) is 2.00. The molecule has 0 bridgehead atoms. The van der Waals surface area contributed by atoms with Crippen LogP contribution >= 0.6 is 23.2 Å². The van der Waals surface area contributed by atoms with Crippen molar-refractivity contribution in [3.63, 3.8) is 0 Å². The van der Waals surface area contributed by atoms with Gasteiger partial charge in [0.1, 0.15) is 5.75 Å². The molecule has 0 aliphatic carbocycles. The summed E-state index contributed by atoms with van der Waals surface area (Å²) in [7, 11) is -3.76. The molecule has 1 heterocycles. The zero-order valence-corrected chi connectivity index (χ0v) is 26.3. The number of carbonyl (C=O) groups excluding carboxylic acids is 1. The van der Waals surface area contributed by atoms with Gasteiger partial charge in [0.05, 0.1) is 17.3 Å². The van der Waals surface area contributed by atoms with E-state index in [4.69, 9.17) is 42.8 Å². The van der Waals surface area contributed by atoms with Crippen molar-refractivity contribution >= 4 is 44.8 Å². The second-order valence-electron chi connectivity index (χ2n) is 10.3. The number of halogens is 2. The first-order valence-corrected chi connectivity index (χ1v) is 16.7.